The van der Waals surface area contributed by atoms with Gasteiger partial charge in [-0.15, -0.1) is 0 Å². The Labute approximate surface area is 128 Å². The van der Waals surface area contributed by atoms with Gasteiger partial charge in [-0.3, -0.25) is 0 Å². The summed E-state index contributed by atoms with van der Waals surface area (Å²) in [4.78, 5) is 12.0. The molecule has 0 saturated carbocycles. The van der Waals surface area contributed by atoms with E-state index in [9.17, 15) is 4.79 Å². The third-order valence-corrected chi connectivity index (χ3v) is 4.26. The van der Waals surface area contributed by atoms with E-state index in [0.29, 0.717) is 12.2 Å². The Balaban J connectivity index is 1.92. The number of hydrogen-bond acceptors (Lipinski definition) is 3. The zero-order valence-corrected chi connectivity index (χ0v) is 13.6. The van der Waals surface area contributed by atoms with E-state index in [1.165, 1.54) is 0 Å². The van der Waals surface area contributed by atoms with Gasteiger partial charge in [-0.1, -0.05) is 15.9 Å². The smallest absolute Gasteiger partial charge is 0.339 e. The van der Waals surface area contributed by atoms with Crippen LogP contribution in [0.15, 0.2) is 22.7 Å². The zero-order valence-electron chi connectivity index (χ0n) is 9.83. The minimum Gasteiger partial charge on any atom is -0.459 e. The van der Waals surface area contributed by atoms with Crippen LogP contribution in [-0.2, 0) is 9.47 Å². The molecule has 5 heteroatoms. The molecule has 1 aliphatic heterocycles. The van der Waals surface area contributed by atoms with Crippen molar-refractivity contribution in [3.05, 3.63) is 31.8 Å². The number of carbonyl (C=O) groups excluding carboxylic acids is 1. The van der Waals surface area contributed by atoms with Gasteiger partial charge in [0.2, 0.25) is 0 Å². The SMILES string of the molecule is O=C(OCC1CCCCO1)c1cc(Br)ccc1I. The maximum absolute atomic E-state index is 12.0. The largest absolute Gasteiger partial charge is 0.459 e. The van der Waals surface area contributed by atoms with Crippen LogP contribution in [0.2, 0.25) is 0 Å². The standard InChI is InChI=1S/C13H14BrIO3/c14-9-4-5-12(15)11(7-9)13(16)18-8-10-3-1-2-6-17-10/h4-5,7,10H,1-3,6,8H2. The molecule has 3 nitrogen and oxygen atoms in total. The number of rotatable bonds is 3. The van der Waals surface area contributed by atoms with Gasteiger partial charge in [-0.2, -0.15) is 0 Å². The average molecular weight is 425 g/mol. The lowest BCUT2D eigenvalue weighted by molar-refractivity contribution is -0.0300. The highest BCUT2D eigenvalue weighted by molar-refractivity contribution is 14.1. The van der Waals surface area contributed by atoms with Gasteiger partial charge in [0.15, 0.2) is 0 Å². The Morgan fingerprint density at radius 1 is 1.50 bits per heavy atom. The normalized spacial score (nSPS) is 19.6. The van der Waals surface area contributed by atoms with Gasteiger partial charge >= 0.3 is 5.97 Å². The van der Waals surface area contributed by atoms with Crippen molar-refractivity contribution in [1.82, 2.24) is 0 Å². The Hall–Kier alpha value is -0.140. The molecular weight excluding hydrogens is 411 g/mol. The first-order valence-corrected chi connectivity index (χ1v) is 7.78. The van der Waals surface area contributed by atoms with Crippen molar-refractivity contribution in [3.63, 3.8) is 0 Å². The van der Waals surface area contributed by atoms with Crippen LogP contribution in [0.25, 0.3) is 0 Å². The summed E-state index contributed by atoms with van der Waals surface area (Å²) in [5.41, 5.74) is 0.598. The fourth-order valence-corrected chi connectivity index (χ4v) is 2.76. The second kappa shape index (κ2) is 6.86. The summed E-state index contributed by atoms with van der Waals surface area (Å²) in [6, 6.07) is 5.58. The van der Waals surface area contributed by atoms with Crippen molar-refractivity contribution in [2.24, 2.45) is 0 Å². The maximum Gasteiger partial charge on any atom is 0.339 e. The summed E-state index contributed by atoms with van der Waals surface area (Å²) in [6.07, 6.45) is 3.29. The number of hydrogen-bond donors (Lipinski definition) is 0. The van der Waals surface area contributed by atoms with Gasteiger partial charge in [-0.25, -0.2) is 4.79 Å². The Bertz CT molecular complexity index is 430. The van der Waals surface area contributed by atoms with Gasteiger partial charge in [0, 0.05) is 14.6 Å². The molecule has 1 fully saturated rings. The van der Waals surface area contributed by atoms with Crippen LogP contribution in [0.1, 0.15) is 29.6 Å². The highest BCUT2D eigenvalue weighted by atomic mass is 127. The minimum atomic E-state index is -0.283. The molecule has 18 heavy (non-hydrogen) atoms. The van der Waals surface area contributed by atoms with Crippen molar-refractivity contribution in [2.75, 3.05) is 13.2 Å². The van der Waals surface area contributed by atoms with Gasteiger partial charge in [0.25, 0.3) is 0 Å². The van der Waals surface area contributed by atoms with Gasteiger partial charge in [-0.05, 0) is 60.1 Å². The first-order chi connectivity index (χ1) is 8.66. The zero-order chi connectivity index (χ0) is 13.0. The van der Waals surface area contributed by atoms with E-state index >= 15 is 0 Å². The van der Waals surface area contributed by atoms with Crippen molar-refractivity contribution >= 4 is 44.5 Å². The van der Waals surface area contributed by atoms with Crippen molar-refractivity contribution < 1.29 is 14.3 Å². The first kappa shape index (κ1) is 14.3. The van der Waals surface area contributed by atoms with Crippen LogP contribution in [0.4, 0.5) is 0 Å². The lowest BCUT2D eigenvalue weighted by atomic mass is 10.1. The van der Waals surface area contributed by atoms with Crippen LogP contribution in [0.3, 0.4) is 0 Å². The summed E-state index contributed by atoms with van der Waals surface area (Å²) >= 11 is 5.49. The molecule has 1 saturated heterocycles. The molecule has 0 aromatic heterocycles. The topological polar surface area (TPSA) is 35.5 Å². The van der Waals surface area contributed by atoms with Crippen LogP contribution >= 0.6 is 38.5 Å². The van der Waals surface area contributed by atoms with Crippen molar-refractivity contribution in [1.29, 1.82) is 0 Å². The van der Waals surface area contributed by atoms with E-state index in [2.05, 4.69) is 38.5 Å². The molecule has 2 rings (SSSR count). The fraction of sp³-hybridized carbons (Fsp3) is 0.462. The Kier molecular flexibility index (Phi) is 5.44. The third-order valence-electron chi connectivity index (χ3n) is 2.82. The molecule has 0 radical (unpaired) electrons. The molecule has 1 aliphatic rings. The van der Waals surface area contributed by atoms with E-state index < -0.39 is 0 Å². The summed E-state index contributed by atoms with van der Waals surface area (Å²) < 4.78 is 12.6. The van der Waals surface area contributed by atoms with Crippen LogP contribution in [0.5, 0.6) is 0 Å². The van der Waals surface area contributed by atoms with Crippen molar-refractivity contribution in [2.45, 2.75) is 25.4 Å². The second-order valence-corrected chi connectivity index (χ2v) is 6.29. The monoisotopic (exact) mass is 424 g/mol. The average Bonchev–Trinajstić information content (AvgIpc) is 2.40. The lowest BCUT2D eigenvalue weighted by Gasteiger charge is -2.22. The lowest BCUT2D eigenvalue weighted by Crippen LogP contribution is -2.26. The summed E-state index contributed by atoms with van der Waals surface area (Å²) in [6.45, 7) is 1.12. The summed E-state index contributed by atoms with van der Waals surface area (Å²) in [5.74, 6) is -0.283. The molecule has 0 N–H and O–H groups in total. The van der Waals surface area contributed by atoms with E-state index in [1.54, 1.807) is 6.07 Å². The van der Waals surface area contributed by atoms with E-state index in [1.807, 2.05) is 12.1 Å². The van der Waals surface area contributed by atoms with E-state index in [4.69, 9.17) is 9.47 Å². The number of halogens is 2. The molecule has 0 spiro atoms. The highest BCUT2D eigenvalue weighted by Crippen LogP contribution is 2.20. The predicted molar refractivity (Wildman–Crippen MR) is 80.7 cm³/mol. The number of carbonyl (C=O) groups is 1. The third kappa shape index (κ3) is 3.93. The second-order valence-electron chi connectivity index (χ2n) is 4.21. The molecule has 1 heterocycles. The number of esters is 1. The van der Waals surface area contributed by atoms with E-state index in [-0.39, 0.29) is 12.1 Å². The van der Waals surface area contributed by atoms with Crippen molar-refractivity contribution in [3.8, 4) is 0 Å². The van der Waals surface area contributed by atoms with Gasteiger partial charge in [0.05, 0.1) is 11.7 Å². The molecule has 0 amide bonds. The summed E-state index contributed by atoms with van der Waals surface area (Å²) in [7, 11) is 0. The first-order valence-electron chi connectivity index (χ1n) is 5.90. The fourth-order valence-electron chi connectivity index (χ4n) is 1.84. The highest BCUT2D eigenvalue weighted by Gasteiger charge is 2.18. The molecule has 0 bridgehead atoms. The predicted octanol–water partition coefficient (Wildman–Crippen LogP) is 3.78. The van der Waals surface area contributed by atoms with Crippen LogP contribution in [-0.4, -0.2) is 25.3 Å². The minimum absolute atomic E-state index is 0.0625. The quantitative estimate of drug-likeness (QED) is 0.547. The Morgan fingerprint density at radius 2 is 2.33 bits per heavy atom. The number of ether oxygens (including phenoxy) is 2. The molecule has 1 aromatic carbocycles. The molecular formula is C13H14BrIO3. The Morgan fingerprint density at radius 3 is 3.06 bits per heavy atom. The molecule has 1 atom stereocenters. The van der Waals surface area contributed by atoms with Crippen LogP contribution < -0.4 is 0 Å². The van der Waals surface area contributed by atoms with Gasteiger partial charge < -0.3 is 9.47 Å². The molecule has 1 unspecified atom stereocenters. The molecule has 1 aromatic rings. The van der Waals surface area contributed by atoms with Gasteiger partial charge in [0.1, 0.15) is 6.61 Å². The summed E-state index contributed by atoms with van der Waals surface area (Å²) in [5, 5.41) is 0. The van der Waals surface area contributed by atoms with Crippen LogP contribution in [0, 0.1) is 3.57 Å². The maximum atomic E-state index is 12.0. The molecule has 98 valence electrons. The number of benzene rings is 1. The molecule has 0 aliphatic carbocycles. The van der Waals surface area contributed by atoms with E-state index in [0.717, 1.165) is 33.9 Å².